The number of aliphatic hydroxyl groups is 1. The highest BCUT2D eigenvalue weighted by atomic mass is 16.3. The van der Waals surface area contributed by atoms with Crippen LogP contribution in [0, 0.1) is 74.9 Å². The van der Waals surface area contributed by atoms with Crippen LogP contribution in [-0.4, -0.2) is 22.8 Å². The Morgan fingerprint density at radius 3 is 2.05 bits per heavy atom. The zero-order valence-electron chi connectivity index (χ0n) is 28.4. The lowest BCUT2D eigenvalue weighted by atomic mass is 9.44. The van der Waals surface area contributed by atoms with Crippen LogP contribution in [-0.2, 0) is 9.59 Å². The third-order valence-corrected chi connectivity index (χ3v) is 16.6. The van der Waals surface area contributed by atoms with Crippen LogP contribution in [0.4, 0.5) is 0 Å². The van der Waals surface area contributed by atoms with E-state index < -0.39 is 0 Å². The standard InChI is InChI=1S/C20H32O2.C20H30O.CH4/c1-12-8-9-19(2)13(10-12)4-5-14-15-6-7-17(22)20(15,3)11-16(21)18(14)19;1-13-8-10-19(2)14(12-13)4-5-15-16-6-7-18(21)20(16,3)11-9-17(15)19;/h12-16,18,21H,4-11H2,1-3H3;9,13-16H,4-8,10-12H2,1-3H3;1H4/t12-,13-,14+,15+,16+,18-,19+,20+;13-,14-,15+,16+,19+,20+;/m11./s1. The quantitative estimate of drug-likeness (QED) is 0.279. The number of rotatable bonds is 0. The molecule has 0 amide bonds. The number of allylic oxidation sites excluding steroid dienone is 2. The van der Waals surface area contributed by atoms with Crippen molar-refractivity contribution in [3.05, 3.63) is 11.6 Å². The normalized spacial score (nSPS) is 54.1. The molecule has 0 aromatic carbocycles. The topological polar surface area (TPSA) is 54.4 Å². The van der Waals surface area contributed by atoms with Crippen LogP contribution >= 0.6 is 0 Å². The number of hydrogen-bond acceptors (Lipinski definition) is 3. The lowest BCUT2D eigenvalue weighted by molar-refractivity contribution is -0.171. The maximum Gasteiger partial charge on any atom is 0.139 e. The highest BCUT2D eigenvalue weighted by Crippen LogP contribution is 2.66. The average molecular weight is 607 g/mol. The molecule has 0 bridgehead atoms. The minimum absolute atomic E-state index is 0. The number of fused-ring (bicyclic) bond motifs is 10. The Balaban J connectivity index is 0.000000153. The minimum Gasteiger partial charge on any atom is -0.393 e. The molecule has 8 aliphatic rings. The van der Waals surface area contributed by atoms with Crippen LogP contribution in [0.5, 0.6) is 0 Å². The maximum atomic E-state index is 12.4. The Hall–Kier alpha value is -0.960. The van der Waals surface area contributed by atoms with Gasteiger partial charge in [-0.05, 0) is 148 Å². The SMILES string of the molecule is C.C[C@@H]1CC[C@@]2(C)[C@H](CC[C@@H]3[C@@H]2[C@@H](O)C[C@]2(C)C(=O)CC[C@@H]32)C1.C[C@@H]1CC[C@]2(C)C3=CC[C@]4(C)C(=O)CC[C@H]4[C@@H]3CC[C@@H]2C1. The van der Waals surface area contributed by atoms with Gasteiger partial charge in [-0.25, -0.2) is 0 Å². The van der Waals surface area contributed by atoms with E-state index in [1.54, 1.807) is 5.57 Å². The van der Waals surface area contributed by atoms with Crippen LogP contribution in [0.3, 0.4) is 0 Å². The molecule has 0 spiro atoms. The molecule has 0 saturated heterocycles. The number of Topliss-reactive ketones (excluding diaryl/α,β-unsaturated/α-hetero) is 2. The van der Waals surface area contributed by atoms with E-state index in [-0.39, 0.29) is 24.4 Å². The third kappa shape index (κ3) is 4.72. The number of carbonyl (C=O) groups excluding carboxylic acids is 2. The first-order chi connectivity index (χ1) is 20.3. The Labute approximate surface area is 270 Å². The van der Waals surface area contributed by atoms with Gasteiger partial charge in [0.25, 0.3) is 0 Å². The van der Waals surface area contributed by atoms with Crippen molar-refractivity contribution < 1.29 is 14.7 Å². The van der Waals surface area contributed by atoms with E-state index in [4.69, 9.17) is 0 Å². The predicted molar refractivity (Wildman–Crippen MR) is 180 cm³/mol. The summed E-state index contributed by atoms with van der Waals surface area (Å²) in [6.07, 6.45) is 21.4. The van der Waals surface area contributed by atoms with E-state index in [2.05, 4.69) is 47.6 Å². The predicted octanol–water partition coefficient (Wildman–Crippen LogP) is 10.00. The molecule has 0 aromatic heterocycles. The largest absolute Gasteiger partial charge is 0.393 e. The van der Waals surface area contributed by atoms with Gasteiger partial charge in [0.2, 0.25) is 0 Å². The zero-order chi connectivity index (χ0) is 30.5. The second-order valence-corrected chi connectivity index (χ2v) is 18.6. The molecule has 14 atom stereocenters. The second kappa shape index (κ2) is 11.3. The van der Waals surface area contributed by atoms with Crippen LogP contribution in [0.15, 0.2) is 11.6 Å². The number of aliphatic hydroxyl groups excluding tert-OH is 1. The summed E-state index contributed by atoms with van der Waals surface area (Å²) < 4.78 is 0. The molecule has 0 aliphatic heterocycles. The molecule has 7 fully saturated rings. The van der Waals surface area contributed by atoms with E-state index in [1.165, 1.54) is 64.2 Å². The molecule has 1 N–H and O–H groups in total. The van der Waals surface area contributed by atoms with E-state index in [0.29, 0.717) is 46.1 Å². The van der Waals surface area contributed by atoms with Gasteiger partial charge in [0.05, 0.1) is 6.10 Å². The molecule has 3 heteroatoms. The molecular formula is C41H66O3. The van der Waals surface area contributed by atoms with Crippen LogP contribution in [0.25, 0.3) is 0 Å². The third-order valence-electron chi connectivity index (χ3n) is 16.6. The number of hydrogen-bond donors (Lipinski definition) is 1. The van der Waals surface area contributed by atoms with Crippen molar-refractivity contribution in [2.45, 2.75) is 158 Å². The van der Waals surface area contributed by atoms with Crippen molar-refractivity contribution >= 4 is 11.6 Å². The van der Waals surface area contributed by atoms with Gasteiger partial charge in [-0.3, -0.25) is 9.59 Å². The van der Waals surface area contributed by atoms with Crippen LogP contribution < -0.4 is 0 Å². The van der Waals surface area contributed by atoms with Crippen molar-refractivity contribution in [3.63, 3.8) is 0 Å². The molecule has 8 aliphatic carbocycles. The van der Waals surface area contributed by atoms with E-state index in [1.807, 2.05) is 0 Å². The summed E-state index contributed by atoms with van der Waals surface area (Å²) in [5, 5.41) is 11.1. The Morgan fingerprint density at radius 1 is 0.705 bits per heavy atom. The number of ketones is 2. The first-order valence-electron chi connectivity index (χ1n) is 18.8. The van der Waals surface area contributed by atoms with Crippen molar-refractivity contribution in [1.29, 1.82) is 0 Å². The molecule has 7 saturated carbocycles. The molecule has 3 nitrogen and oxygen atoms in total. The minimum atomic E-state index is -0.255. The monoisotopic (exact) mass is 607 g/mol. The van der Waals surface area contributed by atoms with Gasteiger partial charge in [0.15, 0.2) is 0 Å². The van der Waals surface area contributed by atoms with E-state index in [0.717, 1.165) is 68.1 Å². The Bertz CT molecular complexity index is 1170. The lowest BCUT2D eigenvalue weighted by Gasteiger charge is -2.61. The van der Waals surface area contributed by atoms with Gasteiger partial charge in [0, 0.05) is 23.7 Å². The average Bonchev–Trinajstić information content (AvgIpc) is 3.43. The van der Waals surface area contributed by atoms with E-state index in [9.17, 15) is 14.7 Å². The fourth-order valence-corrected chi connectivity index (χ4v) is 13.9. The van der Waals surface area contributed by atoms with Crippen molar-refractivity contribution in [2.75, 3.05) is 0 Å². The molecule has 0 aromatic rings. The van der Waals surface area contributed by atoms with Gasteiger partial charge >= 0.3 is 0 Å². The smallest absolute Gasteiger partial charge is 0.139 e. The summed E-state index contributed by atoms with van der Waals surface area (Å²) in [4.78, 5) is 24.8. The fourth-order valence-electron chi connectivity index (χ4n) is 13.9. The summed E-state index contributed by atoms with van der Waals surface area (Å²) in [7, 11) is 0. The zero-order valence-corrected chi connectivity index (χ0v) is 28.4. The summed E-state index contributed by atoms with van der Waals surface area (Å²) in [6, 6.07) is 0. The first-order valence-corrected chi connectivity index (χ1v) is 18.8. The summed E-state index contributed by atoms with van der Waals surface area (Å²) >= 11 is 0. The van der Waals surface area contributed by atoms with Gasteiger partial charge in [-0.15, -0.1) is 0 Å². The Kier molecular flexibility index (Phi) is 8.49. The lowest BCUT2D eigenvalue weighted by Crippen LogP contribution is -2.58. The number of carbonyl (C=O) groups is 2. The van der Waals surface area contributed by atoms with Gasteiger partial charge in [-0.2, -0.15) is 0 Å². The highest BCUT2D eigenvalue weighted by Gasteiger charge is 2.63. The fraction of sp³-hybridized carbons (Fsp3) is 0.902. The van der Waals surface area contributed by atoms with Crippen LogP contribution in [0.2, 0.25) is 0 Å². The molecule has 0 heterocycles. The van der Waals surface area contributed by atoms with Gasteiger partial charge < -0.3 is 5.11 Å². The second-order valence-electron chi connectivity index (χ2n) is 18.6. The molecule has 8 rings (SSSR count). The van der Waals surface area contributed by atoms with E-state index >= 15 is 0 Å². The molecule has 44 heavy (non-hydrogen) atoms. The maximum absolute atomic E-state index is 12.4. The Morgan fingerprint density at radius 2 is 1.32 bits per heavy atom. The van der Waals surface area contributed by atoms with Crippen molar-refractivity contribution in [1.82, 2.24) is 0 Å². The highest BCUT2D eigenvalue weighted by molar-refractivity contribution is 5.88. The van der Waals surface area contributed by atoms with Gasteiger partial charge in [-0.1, -0.05) is 67.0 Å². The molecule has 248 valence electrons. The summed E-state index contributed by atoms with van der Waals surface area (Å²) in [5.41, 5.74) is 2.33. The van der Waals surface area contributed by atoms with Crippen molar-refractivity contribution in [2.24, 2.45) is 74.9 Å². The van der Waals surface area contributed by atoms with Crippen molar-refractivity contribution in [3.8, 4) is 0 Å². The molecule has 0 unspecified atom stereocenters. The summed E-state index contributed by atoms with van der Waals surface area (Å²) in [5.74, 6) is 7.43. The van der Waals surface area contributed by atoms with Crippen LogP contribution in [0.1, 0.15) is 152 Å². The van der Waals surface area contributed by atoms with Gasteiger partial charge in [0.1, 0.15) is 11.6 Å². The molecular weight excluding hydrogens is 540 g/mol. The molecule has 0 radical (unpaired) electrons. The summed E-state index contributed by atoms with van der Waals surface area (Å²) in [6.45, 7) is 14.3. The first kappa shape index (κ1) is 33.0.